The number of benzene rings is 1. The van der Waals surface area contributed by atoms with Crippen LogP contribution in [0.4, 0.5) is 0 Å². The van der Waals surface area contributed by atoms with Crippen molar-refractivity contribution in [3.63, 3.8) is 0 Å². The van der Waals surface area contributed by atoms with Crippen LogP contribution in [0.25, 0.3) is 5.52 Å². The maximum atomic E-state index is 11.5. The van der Waals surface area contributed by atoms with Gasteiger partial charge in [-0.25, -0.2) is 4.52 Å². The van der Waals surface area contributed by atoms with Gasteiger partial charge in [-0.15, -0.1) is 0 Å². The smallest absolute Gasteiger partial charge is 0.163 e. The molecule has 3 aromatic rings. The second-order valence-electron chi connectivity index (χ2n) is 4.97. The zero-order valence-corrected chi connectivity index (χ0v) is 12.0. The molecule has 0 aliphatic heterocycles. The predicted molar refractivity (Wildman–Crippen MR) is 80.7 cm³/mol. The lowest BCUT2D eigenvalue weighted by Crippen LogP contribution is -2.02. The van der Waals surface area contributed by atoms with Crippen LogP contribution < -0.4 is 4.74 Å². The predicted octanol–water partition coefficient (Wildman–Crippen LogP) is 3.42. The summed E-state index contributed by atoms with van der Waals surface area (Å²) in [7, 11) is 0. The minimum Gasteiger partial charge on any atom is -0.487 e. The second kappa shape index (κ2) is 5.40. The molecule has 0 spiro atoms. The summed E-state index contributed by atoms with van der Waals surface area (Å²) >= 11 is 0. The maximum Gasteiger partial charge on any atom is 0.163 e. The molecule has 0 bridgehead atoms. The van der Waals surface area contributed by atoms with Crippen LogP contribution >= 0.6 is 0 Å². The maximum absolute atomic E-state index is 11.5. The Labute approximate surface area is 123 Å². The van der Waals surface area contributed by atoms with Crippen molar-refractivity contribution >= 4 is 11.3 Å². The molecule has 4 nitrogen and oxygen atoms in total. The molecule has 1 aromatic carbocycles. The van der Waals surface area contributed by atoms with Gasteiger partial charge in [0.25, 0.3) is 0 Å². The highest BCUT2D eigenvalue weighted by atomic mass is 16.5. The molecule has 0 amide bonds. The highest BCUT2D eigenvalue weighted by Gasteiger charge is 2.12. The highest BCUT2D eigenvalue weighted by Crippen LogP contribution is 2.22. The van der Waals surface area contributed by atoms with Gasteiger partial charge in [-0.1, -0.05) is 30.3 Å². The Kier molecular flexibility index (Phi) is 3.44. The fourth-order valence-electron chi connectivity index (χ4n) is 2.32. The molecule has 0 N–H and O–H groups in total. The molecule has 0 radical (unpaired) electrons. The summed E-state index contributed by atoms with van der Waals surface area (Å²) in [5, 5.41) is 4.27. The SMILES string of the molecule is CC(=O)c1cnn2c(C)c(OCc3ccccc3)ccc12. The van der Waals surface area contributed by atoms with Crippen molar-refractivity contribution < 1.29 is 9.53 Å². The molecule has 0 unspecified atom stereocenters. The fraction of sp³-hybridized carbons (Fsp3) is 0.176. The van der Waals surface area contributed by atoms with Crippen molar-refractivity contribution in [3.05, 3.63) is 65.5 Å². The zero-order valence-electron chi connectivity index (χ0n) is 12.0. The van der Waals surface area contributed by atoms with E-state index in [1.54, 1.807) is 17.6 Å². The van der Waals surface area contributed by atoms with Crippen molar-refractivity contribution in [1.82, 2.24) is 9.61 Å². The summed E-state index contributed by atoms with van der Waals surface area (Å²) in [6, 6.07) is 13.8. The summed E-state index contributed by atoms with van der Waals surface area (Å²) < 4.78 is 7.60. The van der Waals surface area contributed by atoms with Crippen LogP contribution in [-0.2, 0) is 6.61 Å². The normalized spacial score (nSPS) is 10.8. The summed E-state index contributed by atoms with van der Waals surface area (Å²) in [6.45, 7) is 3.99. The van der Waals surface area contributed by atoms with E-state index in [-0.39, 0.29) is 5.78 Å². The van der Waals surface area contributed by atoms with E-state index < -0.39 is 0 Å². The van der Waals surface area contributed by atoms with Gasteiger partial charge in [0.1, 0.15) is 12.4 Å². The third kappa shape index (κ3) is 2.52. The number of carbonyl (C=O) groups excluding carboxylic acids is 1. The molecule has 0 aliphatic rings. The summed E-state index contributed by atoms with van der Waals surface area (Å²) in [5.74, 6) is 0.784. The Morgan fingerprint density at radius 3 is 2.67 bits per heavy atom. The van der Waals surface area contributed by atoms with E-state index in [4.69, 9.17) is 4.74 Å². The third-order valence-corrected chi connectivity index (χ3v) is 3.49. The van der Waals surface area contributed by atoms with Gasteiger partial charge in [-0.05, 0) is 31.5 Å². The van der Waals surface area contributed by atoms with Crippen LogP contribution in [-0.4, -0.2) is 15.4 Å². The highest BCUT2D eigenvalue weighted by molar-refractivity contribution is 6.00. The molecular formula is C17H16N2O2. The van der Waals surface area contributed by atoms with Gasteiger partial charge < -0.3 is 4.74 Å². The van der Waals surface area contributed by atoms with E-state index in [1.807, 2.05) is 49.4 Å². The summed E-state index contributed by atoms with van der Waals surface area (Å²) in [5.41, 5.74) is 3.44. The molecule has 3 rings (SSSR count). The number of Topliss-reactive ketones (excluding diaryl/α,β-unsaturated/α-hetero) is 1. The van der Waals surface area contributed by atoms with Crippen molar-refractivity contribution in [2.24, 2.45) is 0 Å². The quantitative estimate of drug-likeness (QED) is 0.688. The molecular weight excluding hydrogens is 264 g/mol. The van der Waals surface area contributed by atoms with Crippen LogP contribution in [0.1, 0.15) is 28.5 Å². The van der Waals surface area contributed by atoms with Crippen LogP contribution in [0, 0.1) is 6.92 Å². The number of rotatable bonds is 4. The summed E-state index contributed by atoms with van der Waals surface area (Å²) in [4.78, 5) is 11.5. The largest absolute Gasteiger partial charge is 0.487 e. The first-order chi connectivity index (χ1) is 10.2. The van der Waals surface area contributed by atoms with Crippen LogP contribution in [0.3, 0.4) is 0 Å². The van der Waals surface area contributed by atoms with Gasteiger partial charge in [-0.2, -0.15) is 5.10 Å². The monoisotopic (exact) mass is 280 g/mol. The van der Waals surface area contributed by atoms with E-state index in [9.17, 15) is 4.79 Å². The third-order valence-electron chi connectivity index (χ3n) is 3.49. The molecule has 0 fully saturated rings. The van der Waals surface area contributed by atoms with Crippen LogP contribution in [0.2, 0.25) is 0 Å². The first-order valence-electron chi connectivity index (χ1n) is 6.82. The van der Waals surface area contributed by atoms with E-state index in [2.05, 4.69) is 5.10 Å². The molecule has 0 atom stereocenters. The number of aryl methyl sites for hydroxylation is 1. The number of pyridine rings is 1. The first-order valence-corrected chi connectivity index (χ1v) is 6.82. The minimum atomic E-state index is 0.0161. The lowest BCUT2D eigenvalue weighted by atomic mass is 10.2. The number of hydrogen-bond donors (Lipinski definition) is 0. The Hall–Kier alpha value is -2.62. The number of fused-ring (bicyclic) bond motifs is 1. The van der Waals surface area contributed by atoms with Crippen molar-refractivity contribution in [1.29, 1.82) is 0 Å². The number of nitrogens with zero attached hydrogens (tertiary/aromatic N) is 2. The number of ketones is 1. The average molecular weight is 280 g/mol. The minimum absolute atomic E-state index is 0.0161. The molecule has 0 aliphatic carbocycles. The Bertz CT molecular complexity index is 791. The Balaban J connectivity index is 1.90. The Morgan fingerprint density at radius 1 is 1.19 bits per heavy atom. The van der Waals surface area contributed by atoms with Gasteiger partial charge in [-0.3, -0.25) is 4.79 Å². The standard InChI is InChI=1S/C17H16N2O2/c1-12-17(21-11-14-6-4-3-5-7-14)9-8-16-15(13(2)20)10-18-19(12)16/h3-10H,11H2,1-2H3. The van der Waals surface area contributed by atoms with Gasteiger partial charge in [0.2, 0.25) is 0 Å². The summed E-state index contributed by atoms with van der Waals surface area (Å²) in [6.07, 6.45) is 1.60. The van der Waals surface area contributed by atoms with Crippen molar-refractivity contribution in [3.8, 4) is 5.75 Å². The molecule has 0 saturated heterocycles. The van der Waals surface area contributed by atoms with Gasteiger partial charge in [0, 0.05) is 0 Å². The number of carbonyl (C=O) groups is 1. The van der Waals surface area contributed by atoms with Gasteiger partial charge >= 0.3 is 0 Å². The molecule has 0 saturated carbocycles. The Morgan fingerprint density at radius 2 is 1.95 bits per heavy atom. The van der Waals surface area contributed by atoms with Gasteiger partial charge in [0.05, 0.1) is 23.0 Å². The number of hydrogen-bond acceptors (Lipinski definition) is 3. The number of ether oxygens (including phenoxy) is 1. The van der Waals surface area contributed by atoms with Crippen molar-refractivity contribution in [2.45, 2.75) is 20.5 Å². The fourth-order valence-corrected chi connectivity index (χ4v) is 2.32. The topological polar surface area (TPSA) is 43.6 Å². The van der Waals surface area contributed by atoms with E-state index in [0.717, 1.165) is 22.5 Å². The molecule has 2 heterocycles. The lowest BCUT2D eigenvalue weighted by Gasteiger charge is -2.10. The lowest BCUT2D eigenvalue weighted by molar-refractivity contribution is 0.101. The molecule has 21 heavy (non-hydrogen) atoms. The molecule has 4 heteroatoms. The van der Waals surface area contributed by atoms with E-state index >= 15 is 0 Å². The van der Waals surface area contributed by atoms with E-state index in [1.165, 1.54) is 0 Å². The van der Waals surface area contributed by atoms with Crippen LogP contribution in [0.5, 0.6) is 5.75 Å². The molecule has 2 aromatic heterocycles. The number of aromatic nitrogens is 2. The second-order valence-corrected chi connectivity index (χ2v) is 4.97. The zero-order chi connectivity index (χ0) is 14.8. The molecule has 106 valence electrons. The van der Waals surface area contributed by atoms with Crippen LogP contribution in [0.15, 0.2) is 48.7 Å². The van der Waals surface area contributed by atoms with Crippen molar-refractivity contribution in [2.75, 3.05) is 0 Å². The van der Waals surface area contributed by atoms with E-state index in [0.29, 0.717) is 12.2 Å². The average Bonchev–Trinajstić information content (AvgIpc) is 2.92. The first kappa shape index (κ1) is 13.4. The van der Waals surface area contributed by atoms with Gasteiger partial charge in [0.15, 0.2) is 5.78 Å².